The predicted molar refractivity (Wildman–Crippen MR) is 98.4 cm³/mol. The van der Waals surface area contributed by atoms with Crippen LogP contribution in [0.25, 0.3) is 5.70 Å². The van der Waals surface area contributed by atoms with Gasteiger partial charge in [0, 0.05) is 10.6 Å². The maximum atomic E-state index is 13.0. The summed E-state index contributed by atoms with van der Waals surface area (Å²) < 4.78 is 10.5. The number of carbonyl (C=O) groups is 2. The van der Waals surface area contributed by atoms with Gasteiger partial charge in [-0.25, -0.2) is 4.90 Å². The highest BCUT2D eigenvalue weighted by Gasteiger charge is 2.50. The Bertz CT molecular complexity index is 988. The Kier molecular flexibility index (Phi) is 4.25. The van der Waals surface area contributed by atoms with Gasteiger partial charge in [-0.15, -0.1) is 0 Å². The summed E-state index contributed by atoms with van der Waals surface area (Å²) in [5.41, 5.74) is 4.40. The summed E-state index contributed by atoms with van der Waals surface area (Å²) in [5, 5.41) is 0.429. The van der Waals surface area contributed by atoms with Crippen molar-refractivity contribution in [2.24, 2.45) is 0 Å². The van der Waals surface area contributed by atoms with Gasteiger partial charge in [-0.1, -0.05) is 17.7 Å². The van der Waals surface area contributed by atoms with E-state index in [2.05, 4.69) is 5.48 Å². The zero-order valence-corrected chi connectivity index (χ0v) is 15.2. The molecule has 0 saturated carbocycles. The van der Waals surface area contributed by atoms with Gasteiger partial charge in [0.05, 0.1) is 31.2 Å². The molecule has 2 amide bonds. The maximum absolute atomic E-state index is 13.0. The minimum atomic E-state index is -1.01. The number of benzene rings is 2. The largest absolute Gasteiger partial charge is 0.493 e. The SMILES string of the molecule is COc1ccc(C2=C3C(=O)N(c4cccc(Cl)c4)C(=O)[C@H]3ON2)cc1OC. The molecule has 1 atom stereocenters. The second-order valence-electron chi connectivity index (χ2n) is 5.92. The summed E-state index contributed by atoms with van der Waals surface area (Å²) in [4.78, 5) is 32.2. The van der Waals surface area contributed by atoms with Crippen LogP contribution in [0, 0.1) is 0 Å². The summed E-state index contributed by atoms with van der Waals surface area (Å²) in [7, 11) is 3.06. The quantitative estimate of drug-likeness (QED) is 0.814. The fourth-order valence-corrected chi connectivity index (χ4v) is 3.34. The zero-order chi connectivity index (χ0) is 19.1. The number of amides is 2. The molecule has 0 radical (unpaired) electrons. The number of carbonyl (C=O) groups excluding carboxylic acids is 2. The highest BCUT2D eigenvalue weighted by atomic mass is 35.5. The second-order valence-corrected chi connectivity index (χ2v) is 6.35. The van der Waals surface area contributed by atoms with Crippen LogP contribution in [0.4, 0.5) is 5.69 Å². The van der Waals surface area contributed by atoms with Crippen LogP contribution in [-0.4, -0.2) is 32.1 Å². The van der Waals surface area contributed by atoms with Gasteiger partial charge >= 0.3 is 0 Å². The lowest BCUT2D eigenvalue weighted by atomic mass is 10.0. The van der Waals surface area contributed by atoms with Crippen LogP contribution < -0.4 is 19.9 Å². The number of halogens is 1. The number of fused-ring (bicyclic) bond motifs is 1. The van der Waals surface area contributed by atoms with Crippen molar-refractivity contribution in [3.63, 3.8) is 0 Å². The molecule has 138 valence electrons. The minimum Gasteiger partial charge on any atom is -0.493 e. The number of ether oxygens (including phenoxy) is 2. The van der Waals surface area contributed by atoms with E-state index < -0.39 is 17.9 Å². The molecule has 4 rings (SSSR count). The van der Waals surface area contributed by atoms with Gasteiger partial charge in [0.1, 0.15) is 0 Å². The third kappa shape index (κ3) is 2.72. The fraction of sp³-hybridized carbons (Fsp3) is 0.158. The first-order valence-corrected chi connectivity index (χ1v) is 8.45. The molecule has 0 aromatic heterocycles. The van der Waals surface area contributed by atoms with Crippen LogP contribution in [0.3, 0.4) is 0 Å². The summed E-state index contributed by atoms with van der Waals surface area (Å²) in [5.74, 6) is 0.121. The Hall–Kier alpha value is -3.03. The topological polar surface area (TPSA) is 77.1 Å². The number of anilines is 1. The molecule has 8 heteroatoms. The van der Waals surface area contributed by atoms with Crippen molar-refractivity contribution in [2.45, 2.75) is 6.10 Å². The third-order valence-electron chi connectivity index (χ3n) is 4.43. The third-order valence-corrected chi connectivity index (χ3v) is 4.66. The molecule has 0 bridgehead atoms. The van der Waals surface area contributed by atoms with E-state index in [1.54, 1.807) is 42.5 Å². The fourth-order valence-electron chi connectivity index (χ4n) is 3.16. The Morgan fingerprint density at radius 1 is 1.07 bits per heavy atom. The number of imide groups is 1. The molecule has 2 heterocycles. The molecular weight excluding hydrogens is 372 g/mol. The predicted octanol–water partition coefficient (Wildman–Crippen LogP) is 2.55. The molecule has 2 aliphatic rings. The van der Waals surface area contributed by atoms with Gasteiger partial charge in [0.25, 0.3) is 11.8 Å². The highest BCUT2D eigenvalue weighted by Crippen LogP contribution is 2.38. The van der Waals surface area contributed by atoms with Crippen LogP contribution in [-0.2, 0) is 14.4 Å². The molecule has 1 fully saturated rings. The number of nitrogens with zero attached hydrogens (tertiary/aromatic N) is 1. The lowest BCUT2D eigenvalue weighted by molar-refractivity contribution is -0.127. The van der Waals surface area contributed by atoms with E-state index in [-0.39, 0.29) is 5.57 Å². The molecule has 2 aromatic rings. The smallest absolute Gasteiger partial charge is 0.270 e. The molecule has 2 aromatic carbocycles. The van der Waals surface area contributed by atoms with Crippen molar-refractivity contribution in [1.29, 1.82) is 0 Å². The lowest BCUT2D eigenvalue weighted by Gasteiger charge is -2.16. The Balaban J connectivity index is 1.78. The molecule has 1 N–H and O–H groups in total. The summed E-state index contributed by atoms with van der Waals surface area (Å²) >= 11 is 6.00. The van der Waals surface area contributed by atoms with Crippen molar-refractivity contribution in [3.05, 3.63) is 58.6 Å². The number of nitrogens with one attached hydrogen (secondary N) is 1. The average Bonchev–Trinajstić information content (AvgIpc) is 3.21. The van der Waals surface area contributed by atoms with Crippen LogP contribution in [0.15, 0.2) is 48.0 Å². The zero-order valence-electron chi connectivity index (χ0n) is 14.5. The van der Waals surface area contributed by atoms with E-state index in [1.165, 1.54) is 14.2 Å². The van der Waals surface area contributed by atoms with Crippen molar-refractivity contribution >= 4 is 34.8 Å². The molecule has 27 heavy (non-hydrogen) atoms. The molecule has 0 spiro atoms. The van der Waals surface area contributed by atoms with Gasteiger partial charge in [-0.2, -0.15) is 0 Å². The normalized spacial score (nSPS) is 18.6. The van der Waals surface area contributed by atoms with E-state index >= 15 is 0 Å². The summed E-state index contributed by atoms with van der Waals surface area (Å²) in [6.07, 6.45) is -1.01. The van der Waals surface area contributed by atoms with Crippen molar-refractivity contribution in [2.75, 3.05) is 19.1 Å². The molecule has 0 aliphatic carbocycles. The lowest BCUT2D eigenvalue weighted by Crippen LogP contribution is -2.34. The average molecular weight is 387 g/mol. The standard InChI is InChI=1S/C19H15ClN2O5/c1-25-13-7-6-10(8-14(13)26-2)16-15-17(27-21-16)19(24)22(18(15)23)12-5-3-4-11(20)9-12/h3-9,17,21H,1-2H3/t17-/m0/s1. The molecule has 7 nitrogen and oxygen atoms in total. The summed E-state index contributed by atoms with van der Waals surface area (Å²) in [6, 6.07) is 11.7. The van der Waals surface area contributed by atoms with Gasteiger partial charge in [0.15, 0.2) is 17.6 Å². The van der Waals surface area contributed by atoms with Crippen LogP contribution >= 0.6 is 11.6 Å². The molecular formula is C19H15ClN2O5. The Morgan fingerprint density at radius 2 is 1.85 bits per heavy atom. The van der Waals surface area contributed by atoms with Crippen LogP contribution in [0.1, 0.15) is 5.56 Å². The van der Waals surface area contributed by atoms with E-state index in [0.717, 1.165) is 4.90 Å². The van der Waals surface area contributed by atoms with Crippen molar-refractivity contribution in [1.82, 2.24) is 5.48 Å². The first-order chi connectivity index (χ1) is 13.0. The van der Waals surface area contributed by atoms with Crippen molar-refractivity contribution in [3.8, 4) is 11.5 Å². The number of methoxy groups -OCH3 is 2. The summed E-state index contributed by atoms with van der Waals surface area (Å²) in [6.45, 7) is 0. The van der Waals surface area contributed by atoms with E-state index in [1.807, 2.05) is 0 Å². The first-order valence-electron chi connectivity index (χ1n) is 8.07. The molecule has 0 unspecified atom stereocenters. The van der Waals surface area contributed by atoms with Gasteiger partial charge in [-0.3, -0.25) is 19.9 Å². The monoisotopic (exact) mass is 386 g/mol. The highest BCUT2D eigenvalue weighted by molar-refractivity contribution is 6.34. The Morgan fingerprint density at radius 3 is 2.56 bits per heavy atom. The molecule has 2 aliphatic heterocycles. The Labute approximate surface area is 160 Å². The second kappa shape index (κ2) is 6.61. The number of hydrogen-bond acceptors (Lipinski definition) is 6. The molecule has 1 saturated heterocycles. The van der Waals surface area contributed by atoms with Gasteiger partial charge in [0.2, 0.25) is 0 Å². The van der Waals surface area contributed by atoms with Gasteiger partial charge < -0.3 is 9.47 Å². The maximum Gasteiger partial charge on any atom is 0.270 e. The van der Waals surface area contributed by atoms with Crippen LogP contribution in [0.5, 0.6) is 11.5 Å². The number of rotatable bonds is 4. The first kappa shape index (κ1) is 17.4. The number of hydroxylamine groups is 1. The van der Waals surface area contributed by atoms with Crippen LogP contribution in [0.2, 0.25) is 5.02 Å². The van der Waals surface area contributed by atoms with E-state index in [4.69, 9.17) is 25.9 Å². The van der Waals surface area contributed by atoms with E-state index in [0.29, 0.717) is 33.5 Å². The van der Waals surface area contributed by atoms with Gasteiger partial charge in [-0.05, 0) is 36.4 Å². The number of hydrogen-bond donors (Lipinski definition) is 1. The van der Waals surface area contributed by atoms with E-state index in [9.17, 15) is 9.59 Å². The minimum absolute atomic E-state index is 0.243. The van der Waals surface area contributed by atoms with Crippen molar-refractivity contribution < 1.29 is 23.9 Å².